The van der Waals surface area contributed by atoms with Gasteiger partial charge in [0.05, 0.1) is 18.4 Å². The molecule has 0 bridgehead atoms. The zero-order valence-electron chi connectivity index (χ0n) is 16.6. The number of hydrogen-bond acceptors (Lipinski definition) is 5. The van der Waals surface area contributed by atoms with Crippen LogP contribution in [0.2, 0.25) is 5.02 Å². The lowest BCUT2D eigenvalue weighted by Crippen LogP contribution is -2.45. The van der Waals surface area contributed by atoms with Gasteiger partial charge >= 0.3 is 0 Å². The van der Waals surface area contributed by atoms with E-state index in [0.29, 0.717) is 30.4 Å². The predicted molar refractivity (Wildman–Crippen MR) is 112 cm³/mol. The number of halogens is 1. The Morgan fingerprint density at radius 2 is 2.07 bits per heavy atom. The van der Waals surface area contributed by atoms with Gasteiger partial charge in [0.2, 0.25) is 5.91 Å². The lowest BCUT2D eigenvalue weighted by molar-refractivity contribution is -0.134. The maximum atomic E-state index is 12.7. The first-order chi connectivity index (χ1) is 14.6. The third kappa shape index (κ3) is 5.31. The van der Waals surface area contributed by atoms with Crippen LogP contribution >= 0.6 is 11.6 Å². The van der Waals surface area contributed by atoms with Gasteiger partial charge in [0.25, 0.3) is 5.91 Å². The van der Waals surface area contributed by atoms with Crippen LogP contribution in [0.5, 0.6) is 5.75 Å². The second-order valence-corrected chi connectivity index (χ2v) is 8.03. The van der Waals surface area contributed by atoms with E-state index in [-0.39, 0.29) is 24.5 Å². The maximum Gasteiger partial charge on any atom is 0.253 e. The summed E-state index contributed by atoms with van der Waals surface area (Å²) < 4.78 is 12.9. The van der Waals surface area contributed by atoms with Crippen molar-refractivity contribution in [3.8, 4) is 5.75 Å². The van der Waals surface area contributed by atoms with E-state index in [2.05, 4.69) is 10.4 Å². The van der Waals surface area contributed by atoms with E-state index in [9.17, 15) is 9.59 Å². The Balaban J connectivity index is 1.28. The molecular formula is C21H25ClN4O4. The smallest absolute Gasteiger partial charge is 0.253 e. The fourth-order valence-corrected chi connectivity index (χ4v) is 3.85. The summed E-state index contributed by atoms with van der Waals surface area (Å²) in [6.07, 6.45) is 6.15. The molecule has 2 amide bonds. The summed E-state index contributed by atoms with van der Waals surface area (Å²) in [5.74, 6) is 0.550. The van der Waals surface area contributed by atoms with Crippen molar-refractivity contribution in [2.24, 2.45) is 0 Å². The summed E-state index contributed by atoms with van der Waals surface area (Å²) in [4.78, 5) is 26.7. The minimum atomic E-state index is -0.402. The molecule has 9 heteroatoms. The third-order valence-electron chi connectivity index (χ3n) is 5.27. The first-order valence-electron chi connectivity index (χ1n) is 10.2. The van der Waals surface area contributed by atoms with Crippen LogP contribution in [0.4, 0.5) is 5.69 Å². The van der Waals surface area contributed by atoms with Gasteiger partial charge in [-0.3, -0.25) is 14.3 Å². The molecule has 1 aromatic carbocycles. The van der Waals surface area contributed by atoms with Crippen LogP contribution in [0.1, 0.15) is 25.7 Å². The summed E-state index contributed by atoms with van der Waals surface area (Å²) >= 11 is 5.91. The van der Waals surface area contributed by atoms with Gasteiger partial charge in [0, 0.05) is 24.4 Å². The zero-order valence-corrected chi connectivity index (χ0v) is 17.4. The molecule has 2 unspecified atom stereocenters. The molecule has 1 aromatic heterocycles. The van der Waals surface area contributed by atoms with E-state index in [0.717, 1.165) is 31.4 Å². The average Bonchev–Trinajstić information content (AvgIpc) is 3.42. The number of nitrogens with one attached hydrogen (secondary N) is 1. The highest BCUT2D eigenvalue weighted by Gasteiger charge is 2.26. The molecule has 160 valence electrons. The molecule has 30 heavy (non-hydrogen) atoms. The van der Waals surface area contributed by atoms with Crippen molar-refractivity contribution in [3.63, 3.8) is 0 Å². The summed E-state index contributed by atoms with van der Waals surface area (Å²) in [6.45, 7) is 1.96. The number of rotatable bonds is 6. The molecule has 0 spiro atoms. The van der Waals surface area contributed by atoms with Gasteiger partial charge < -0.3 is 19.7 Å². The normalized spacial score (nSPS) is 21.4. The van der Waals surface area contributed by atoms with Gasteiger partial charge in [-0.05, 0) is 49.9 Å². The number of hydrogen-bond donors (Lipinski definition) is 1. The fraction of sp³-hybridized carbons (Fsp3) is 0.476. The van der Waals surface area contributed by atoms with Crippen LogP contribution in [0.15, 0.2) is 36.7 Å². The molecule has 2 atom stereocenters. The highest BCUT2D eigenvalue weighted by atomic mass is 35.5. The molecular weight excluding hydrogens is 408 g/mol. The molecule has 2 aliphatic rings. The molecule has 2 aliphatic heterocycles. The van der Waals surface area contributed by atoms with Crippen LogP contribution < -0.4 is 10.1 Å². The highest BCUT2D eigenvalue weighted by Crippen LogP contribution is 2.21. The van der Waals surface area contributed by atoms with E-state index in [1.165, 1.54) is 4.68 Å². The summed E-state index contributed by atoms with van der Waals surface area (Å²) in [5, 5.41) is 7.65. The highest BCUT2D eigenvalue weighted by molar-refractivity contribution is 6.30. The van der Waals surface area contributed by atoms with Crippen LogP contribution in [0, 0.1) is 0 Å². The van der Waals surface area contributed by atoms with Gasteiger partial charge in [0.1, 0.15) is 24.5 Å². The van der Waals surface area contributed by atoms with E-state index in [1.807, 2.05) is 12.1 Å². The van der Waals surface area contributed by atoms with Crippen molar-refractivity contribution < 1.29 is 19.1 Å². The Kier molecular flexibility index (Phi) is 6.54. The fourth-order valence-electron chi connectivity index (χ4n) is 3.73. The van der Waals surface area contributed by atoms with Gasteiger partial charge in [-0.15, -0.1) is 0 Å². The van der Waals surface area contributed by atoms with Crippen molar-refractivity contribution >= 4 is 29.1 Å². The number of ether oxygens (including phenoxy) is 2. The number of benzene rings is 1. The van der Waals surface area contributed by atoms with Crippen LogP contribution in [-0.4, -0.2) is 58.4 Å². The number of likely N-dealkylation sites (tertiary alicyclic amines) is 1. The largest absolute Gasteiger partial charge is 0.489 e. The van der Waals surface area contributed by atoms with E-state index < -0.39 is 6.10 Å². The first-order valence-corrected chi connectivity index (χ1v) is 10.6. The van der Waals surface area contributed by atoms with Gasteiger partial charge in [-0.2, -0.15) is 5.10 Å². The standard InChI is InChI=1S/C21H25ClN4O4/c22-15-5-7-17(8-6-15)30-18-3-1-9-25(13-18)20(27)14-26-12-16(11-23-26)24-21(28)19-4-2-10-29-19/h5-8,11-12,18-19H,1-4,9-10,13-14H2,(H,24,28). The molecule has 2 aromatic rings. The van der Waals surface area contributed by atoms with Gasteiger partial charge in [-0.1, -0.05) is 11.6 Å². The predicted octanol–water partition coefficient (Wildman–Crippen LogP) is 2.72. The second kappa shape index (κ2) is 9.49. The molecule has 2 fully saturated rings. The minimum absolute atomic E-state index is 0.0282. The minimum Gasteiger partial charge on any atom is -0.489 e. The molecule has 2 saturated heterocycles. The second-order valence-electron chi connectivity index (χ2n) is 7.59. The molecule has 8 nitrogen and oxygen atoms in total. The number of carbonyl (C=O) groups is 2. The van der Waals surface area contributed by atoms with Crippen molar-refractivity contribution in [3.05, 3.63) is 41.7 Å². The Labute approximate surface area is 180 Å². The lowest BCUT2D eigenvalue weighted by Gasteiger charge is -2.33. The molecule has 0 saturated carbocycles. The Morgan fingerprint density at radius 1 is 1.23 bits per heavy atom. The maximum absolute atomic E-state index is 12.7. The molecule has 0 aliphatic carbocycles. The van der Waals surface area contributed by atoms with Crippen molar-refractivity contribution in [1.29, 1.82) is 0 Å². The van der Waals surface area contributed by atoms with Gasteiger partial charge in [0.15, 0.2) is 0 Å². The van der Waals surface area contributed by atoms with Crippen molar-refractivity contribution in [2.75, 3.05) is 25.0 Å². The first kappa shape index (κ1) is 20.7. The summed E-state index contributed by atoms with van der Waals surface area (Å²) in [6, 6.07) is 7.24. The Bertz CT molecular complexity index is 879. The quantitative estimate of drug-likeness (QED) is 0.758. The molecule has 4 rings (SSSR count). The number of nitrogens with zero attached hydrogens (tertiary/aromatic N) is 3. The number of anilines is 1. The molecule has 3 heterocycles. The van der Waals surface area contributed by atoms with E-state index in [4.69, 9.17) is 21.1 Å². The van der Waals surface area contributed by atoms with E-state index >= 15 is 0 Å². The van der Waals surface area contributed by atoms with Gasteiger partial charge in [-0.25, -0.2) is 0 Å². The molecule has 0 radical (unpaired) electrons. The average molecular weight is 433 g/mol. The summed E-state index contributed by atoms with van der Waals surface area (Å²) in [7, 11) is 0. The van der Waals surface area contributed by atoms with Crippen LogP contribution in [0.3, 0.4) is 0 Å². The monoisotopic (exact) mass is 432 g/mol. The van der Waals surface area contributed by atoms with Crippen LogP contribution in [-0.2, 0) is 20.9 Å². The number of amides is 2. The number of aromatic nitrogens is 2. The topological polar surface area (TPSA) is 85.7 Å². The van der Waals surface area contributed by atoms with Crippen molar-refractivity contribution in [2.45, 2.75) is 44.4 Å². The lowest BCUT2D eigenvalue weighted by atomic mass is 10.1. The zero-order chi connectivity index (χ0) is 20.9. The third-order valence-corrected chi connectivity index (χ3v) is 5.52. The summed E-state index contributed by atoms with van der Waals surface area (Å²) in [5.41, 5.74) is 0.561. The number of carbonyl (C=O) groups excluding carboxylic acids is 2. The Hall–Kier alpha value is -2.58. The SMILES string of the molecule is O=C(Nc1cnn(CC(=O)N2CCCC(Oc3ccc(Cl)cc3)C2)c1)C1CCCO1. The number of piperidine rings is 1. The Morgan fingerprint density at radius 3 is 2.83 bits per heavy atom. The van der Waals surface area contributed by atoms with Crippen LogP contribution in [0.25, 0.3) is 0 Å². The molecule has 1 N–H and O–H groups in total. The van der Waals surface area contributed by atoms with Crippen molar-refractivity contribution in [1.82, 2.24) is 14.7 Å². The van der Waals surface area contributed by atoms with E-state index in [1.54, 1.807) is 29.4 Å².